The number of urea groups is 1. The minimum absolute atomic E-state index is 0.0163. The maximum Gasteiger partial charge on any atom is 0.328 e. The smallest absolute Gasteiger partial charge is 0.328 e. The maximum atomic E-state index is 12.9. The van der Waals surface area contributed by atoms with Crippen LogP contribution in [0.4, 0.5) is 10.7 Å². The number of rotatable bonds is 13. The summed E-state index contributed by atoms with van der Waals surface area (Å²) in [6, 6.07) is 34.2. The van der Waals surface area contributed by atoms with E-state index < -0.39 is 24.3 Å². The van der Waals surface area contributed by atoms with Crippen molar-refractivity contribution >= 4 is 17.9 Å². The number of aromatic nitrogens is 2. The number of hydrogen-bond donors (Lipinski definition) is 3. The second-order valence-electron chi connectivity index (χ2n) is 14.6. The Morgan fingerprint density at radius 1 is 0.807 bits per heavy atom. The Morgan fingerprint density at radius 3 is 2.23 bits per heavy atom. The van der Waals surface area contributed by atoms with Gasteiger partial charge in [-0.15, -0.1) is 0 Å². The summed E-state index contributed by atoms with van der Waals surface area (Å²) in [5, 5.41) is 15.3. The topological polar surface area (TPSA) is 138 Å². The van der Waals surface area contributed by atoms with E-state index in [0.717, 1.165) is 77.6 Å². The molecule has 0 unspecified atom stereocenters. The summed E-state index contributed by atoms with van der Waals surface area (Å²) >= 11 is 0. The molecule has 5 atom stereocenters. The van der Waals surface area contributed by atoms with E-state index >= 15 is 0 Å². The van der Waals surface area contributed by atoms with E-state index in [2.05, 4.69) is 49.5 Å². The molecule has 2 aliphatic heterocycles. The number of ether oxygens (including phenoxy) is 3. The van der Waals surface area contributed by atoms with Crippen molar-refractivity contribution in [1.82, 2.24) is 25.5 Å². The summed E-state index contributed by atoms with van der Waals surface area (Å²) in [5.74, 6) is 0.308. The van der Waals surface area contributed by atoms with Gasteiger partial charge in [-0.25, -0.2) is 19.6 Å². The largest absolute Gasteiger partial charge is 0.467 e. The molecule has 296 valence electrons. The third-order valence-electron chi connectivity index (χ3n) is 10.7. The molecule has 0 aliphatic carbocycles. The number of benzene rings is 4. The average Bonchev–Trinajstić information content (AvgIpc) is 3.27. The van der Waals surface area contributed by atoms with E-state index in [1.54, 1.807) is 12.4 Å². The fourth-order valence-corrected chi connectivity index (χ4v) is 7.47. The second kappa shape index (κ2) is 19.0. The first-order valence-corrected chi connectivity index (χ1v) is 19.5. The van der Waals surface area contributed by atoms with E-state index in [9.17, 15) is 14.7 Å². The zero-order chi connectivity index (χ0) is 39.6. The number of piperazine rings is 1. The number of amides is 2. The van der Waals surface area contributed by atoms with Crippen LogP contribution in [0, 0.1) is 5.92 Å². The Labute approximate surface area is 333 Å². The lowest BCUT2D eigenvalue weighted by molar-refractivity contribution is -0.276. The second-order valence-corrected chi connectivity index (χ2v) is 14.6. The van der Waals surface area contributed by atoms with E-state index in [4.69, 9.17) is 14.2 Å². The van der Waals surface area contributed by atoms with Gasteiger partial charge < -0.3 is 34.9 Å². The van der Waals surface area contributed by atoms with Crippen molar-refractivity contribution in [2.45, 2.75) is 51.0 Å². The van der Waals surface area contributed by atoms with Gasteiger partial charge in [0.1, 0.15) is 6.04 Å². The number of nitrogens with one attached hydrogen (secondary N) is 2. The van der Waals surface area contributed by atoms with Gasteiger partial charge in [-0.1, -0.05) is 97.9 Å². The summed E-state index contributed by atoms with van der Waals surface area (Å²) < 4.78 is 18.6. The predicted octanol–water partition coefficient (Wildman–Crippen LogP) is 5.83. The number of esters is 1. The fraction of sp³-hybridized carbons (Fsp3) is 0.333. The van der Waals surface area contributed by atoms with E-state index in [1.165, 1.54) is 7.11 Å². The molecule has 0 radical (unpaired) electrons. The van der Waals surface area contributed by atoms with Gasteiger partial charge in [0.25, 0.3) is 0 Å². The van der Waals surface area contributed by atoms with E-state index in [-0.39, 0.29) is 31.3 Å². The highest BCUT2D eigenvalue weighted by atomic mass is 16.7. The van der Waals surface area contributed by atoms with Crippen molar-refractivity contribution in [3.05, 3.63) is 149 Å². The van der Waals surface area contributed by atoms with Crippen molar-refractivity contribution in [3.63, 3.8) is 0 Å². The Balaban J connectivity index is 1.04. The first-order valence-electron chi connectivity index (χ1n) is 19.5. The molecule has 12 heteroatoms. The third kappa shape index (κ3) is 10.2. The number of carbonyl (C=O) groups excluding carboxylic acids is 2. The molecule has 57 heavy (non-hydrogen) atoms. The number of methoxy groups -OCH3 is 1. The molecule has 12 nitrogen and oxygen atoms in total. The van der Waals surface area contributed by atoms with Crippen LogP contribution in [0.25, 0.3) is 11.1 Å². The average molecular weight is 771 g/mol. The molecule has 1 aromatic heterocycles. The molecule has 7 rings (SSSR count). The Kier molecular flexibility index (Phi) is 13.2. The molecule has 2 aliphatic rings. The van der Waals surface area contributed by atoms with Crippen molar-refractivity contribution in [2.24, 2.45) is 5.92 Å². The molecular weight excluding hydrogens is 721 g/mol. The van der Waals surface area contributed by atoms with Crippen LogP contribution in [-0.4, -0.2) is 84.0 Å². The number of anilines is 1. The summed E-state index contributed by atoms with van der Waals surface area (Å²) in [5.41, 5.74) is 6.58. The molecule has 3 N–H and O–H groups in total. The van der Waals surface area contributed by atoms with Crippen LogP contribution in [-0.2, 0) is 38.6 Å². The van der Waals surface area contributed by atoms with Crippen LogP contribution in [0.3, 0.4) is 0 Å². The highest BCUT2D eigenvalue weighted by Crippen LogP contribution is 2.42. The maximum absolute atomic E-state index is 12.9. The molecule has 0 bridgehead atoms. The van der Waals surface area contributed by atoms with Crippen LogP contribution in [0.5, 0.6) is 0 Å². The lowest BCUT2D eigenvalue weighted by atomic mass is 9.89. The normalized spacial score (nSPS) is 20.4. The highest BCUT2D eigenvalue weighted by molar-refractivity contribution is 5.83. The number of hydrogen-bond acceptors (Lipinski definition) is 10. The number of aliphatic hydroxyl groups excluding tert-OH is 1. The molecule has 5 aromatic rings. The first kappa shape index (κ1) is 39.6. The van der Waals surface area contributed by atoms with Crippen molar-refractivity contribution < 1.29 is 28.9 Å². The summed E-state index contributed by atoms with van der Waals surface area (Å²) in [7, 11) is 1.31. The van der Waals surface area contributed by atoms with Gasteiger partial charge in [0.2, 0.25) is 5.95 Å². The first-order chi connectivity index (χ1) is 27.9. The third-order valence-corrected chi connectivity index (χ3v) is 10.7. The quantitative estimate of drug-likeness (QED) is 0.125. The molecule has 4 aromatic carbocycles. The Bertz CT molecular complexity index is 2060. The molecule has 2 fully saturated rings. The van der Waals surface area contributed by atoms with Gasteiger partial charge in [0.05, 0.1) is 25.9 Å². The van der Waals surface area contributed by atoms with Crippen molar-refractivity contribution in [3.8, 4) is 11.1 Å². The number of aliphatic hydroxyl groups is 1. The number of carbonyl (C=O) groups is 2. The molecule has 3 heterocycles. The SMILES string of the molecule is COC(=O)[C@H](Cc1ccccc1)NC(=O)NCc1cccc(-c2cccc([C@@H]3O[C@H](CN4CCN(c5ncccn5)CC4)[C@H](C)[C@H](c4ccc(CO)cc4)O3)c2)c1. The summed E-state index contributed by atoms with van der Waals surface area (Å²) in [6.07, 6.45) is 2.93. The predicted molar refractivity (Wildman–Crippen MR) is 217 cm³/mol. The minimum Gasteiger partial charge on any atom is -0.467 e. The zero-order valence-corrected chi connectivity index (χ0v) is 32.4. The summed E-state index contributed by atoms with van der Waals surface area (Å²) in [6.45, 7) is 6.59. The van der Waals surface area contributed by atoms with Gasteiger partial charge in [0, 0.05) is 69.6 Å². The standard InChI is InChI=1S/C45H50N6O6/c1-31-40(29-50-21-23-51(24-22-50)44-46-19-8-20-47-44)56-43(57-41(31)35-17-15-33(30-52)16-18-35)38-14-7-13-37(27-38)36-12-6-11-34(25-36)28-48-45(54)49-39(42(53)55-2)26-32-9-4-3-5-10-32/h3-20,25,27,31,39-41,43,52H,21-24,26,28-30H2,1-2H3,(H2,48,49,54)/t31-,39-,40+,41+,43+/m0/s1. The van der Waals surface area contributed by atoms with Gasteiger partial charge in [-0.05, 0) is 51.6 Å². The van der Waals surface area contributed by atoms with Gasteiger partial charge in [0.15, 0.2) is 6.29 Å². The lowest BCUT2D eigenvalue weighted by Crippen LogP contribution is -2.51. The molecular formula is C45H50N6O6. The van der Waals surface area contributed by atoms with Crippen molar-refractivity contribution in [1.29, 1.82) is 0 Å². The van der Waals surface area contributed by atoms with Crippen LogP contribution in [0.1, 0.15) is 47.1 Å². The van der Waals surface area contributed by atoms with E-state index in [0.29, 0.717) is 6.42 Å². The highest BCUT2D eigenvalue weighted by Gasteiger charge is 2.39. The van der Waals surface area contributed by atoms with Gasteiger partial charge in [-0.2, -0.15) is 0 Å². The van der Waals surface area contributed by atoms with Gasteiger partial charge in [-0.3, -0.25) is 4.90 Å². The molecule has 0 saturated carbocycles. The monoisotopic (exact) mass is 770 g/mol. The van der Waals surface area contributed by atoms with E-state index in [1.807, 2.05) is 97.1 Å². The minimum atomic E-state index is -0.822. The van der Waals surface area contributed by atoms with Crippen LogP contribution in [0.15, 0.2) is 122 Å². The number of nitrogens with zero attached hydrogens (tertiary/aromatic N) is 4. The molecule has 2 amide bonds. The summed E-state index contributed by atoms with van der Waals surface area (Å²) in [4.78, 5) is 39.0. The fourth-order valence-electron chi connectivity index (χ4n) is 7.47. The van der Waals surface area contributed by atoms with Crippen LogP contribution >= 0.6 is 0 Å². The molecule has 0 spiro atoms. The van der Waals surface area contributed by atoms with Gasteiger partial charge >= 0.3 is 12.0 Å². The molecule has 2 saturated heterocycles. The van der Waals surface area contributed by atoms with Crippen LogP contribution < -0.4 is 15.5 Å². The van der Waals surface area contributed by atoms with Crippen molar-refractivity contribution in [2.75, 3.05) is 44.7 Å². The van der Waals surface area contributed by atoms with Crippen LogP contribution in [0.2, 0.25) is 0 Å². The Hall–Kier alpha value is -5.66. The lowest BCUT2D eigenvalue weighted by Gasteiger charge is -2.44. The zero-order valence-electron chi connectivity index (χ0n) is 32.4. The Morgan fingerprint density at radius 2 is 1.51 bits per heavy atom.